The van der Waals surface area contributed by atoms with Crippen molar-refractivity contribution in [3.05, 3.63) is 88.4 Å². The van der Waals surface area contributed by atoms with Crippen LogP contribution in [0.2, 0.25) is 0 Å². The minimum Gasteiger partial charge on any atom is -0.466 e. The Morgan fingerprint density at radius 3 is 2.26 bits per heavy atom. The van der Waals surface area contributed by atoms with Crippen LogP contribution >= 0.6 is 0 Å². The van der Waals surface area contributed by atoms with E-state index in [2.05, 4.69) is 0 Å². The number of rotatable bonds is 4. The summed E-state index contributed by atoms with van der Waals surface area (Å²) in [7, 11) is 2.17. The van der Waals surface area contributed by atoms with E-state index in [0.29, 0.717) is 11.6 Å². The Bertz CT molecular complexity index is 1150. The van der Waals surface area contributed by atoms with Crippen molar-refractivity contribution in [2.75, 3.05) is 19.1 Å². The van der Waals surface area contributed by atoms with Gasteiger partial charge < -0.3 is 15.2 Å². The molecule has 1 atom stereocenters. The monoisotopic (exact) mass is 425 g/mol. The minimum absolute atomic E-state index is 0.122. The molecule has 2 aromatic rings. The number of esters is 2. The molecule has 0 bridgehead atoms. The van der Waals surface area contributed by atoms with Crippen molar-refractivity contribution in [2.45, 2.75) is 5.92 Å². The van der Waals surface area contributed by atoms with Crippen molar-refractivity contribution in [1.29, 1.82) is 5.26 Å². The van der Waals surface area contributed by atoms with E-state index in [1.54, 1.807) is 30.3 Å². The Hall–Kier alpha value is -4.19. The van der Waals surface area contributed by atoms with Gasteiger partial charge in [0.1, 0.15) is 23.2 Å². The predicted octanol–water partition coefficient (Wildman–Crippen LogP) is 2.86. The highest BCUT2D eigenvalue weighted by atomic mass is 19.1. The van der Waals surface area contributed by atoms with Crippen molar-refractivity contribution in [3.8, 4) is 6.07 Å². The molecule has 0 saturated heterocycles. The molecule has 3 rings (SSSR count). The largest absolute Gasteiger partial charge is 0.466 e. The number of anilines is 1. The number of allylic oxidation sites excluding steroid dienone is 1. The molecule has 9 heteroatoms. The van der Waals surface area contributed by atoms with Gasteiger partial charge in [-0.05, 0) is 17.7 Å². The highest BCUT2D eigenvalue weighted by molar-refractivity contribution is 6.06. The summed E-state index contributed by atoms with van der Waals surface area (Å²) in [5.74, 6) is -5.28. The van der Waals surface area contributed by atoms with E-state index >= 15 is 0 Å². The molecule has 0 saturated carbocycles. The van der Waals surface area contributed by atoms with E-state index in [1.165, 1.54) is 0 Å². The van der Waals surface area contributed by atoms with Gasteiger partial charge in [-0.25, -0.2) is 18.4 Å². The molecule has 0 radical (unpaired) electrons. The van der Waals surface area contributed by atoms with Gasteiger partial charge in [0.25, 0.3) is 0 Å². The second-order valence-electron chi connectivity index (χ2n) is 6.43. The van der Waals surface area contributed by atoms with Gasteiger partial charge in [-0.3, -0.25) is 4.90 Å². The highest BCUT2D eigenvalue weighted by Gasteiger charge is 2.43. The Balaban J connectivity index is 2.43. The molecule has 1 heterocycles. The summed E-state index contributed by atoms with van der Waals surface area (Å²) in [4.78, 5) is 26.5. The molecule has 0 amide bonds. The van der Waals surface area contributed by atoms with E-state index in [0.717, 1.165) is 31.3 Å². The summed E-state index contributed by atoms with van der Waals surface area (Å²) >= 11 is 0. The molecule has 1 aliphatic heterocycles. The van der Waals surface area contributed by atoms with Crippen LogP contribution in [-0.2, 0) is 19.1 Å². The maximum absolute atomic E-state index is 14.7. The second kappa shape index (κ2) is 8.67. The van der Waals surface area contributed by atoms with Gasteiger partial charge in [0.15, 0.2) is 0 Å². The van der Waals surface area contributed by atoms with Crippen molar-refractivity contribution in [1.82, 2.24) is 0 Å². The lowest BCUT2D eigenvalue weighted by molar-refractivity contribution is -0.139. The van der Waals surface area contributed by atoms with Gasteiger partial charge in [-0.15, -0.1) is 0 Å². The predicted molar refractivity (Wildman–Crippen MR) is 106 cm³/mol. The molecule has 7 nitrogen and oxygen atoms in total. The molecular formula is C22H17F2N3O4. The lowest BCUT2D eigenvalue weighted by Gasteiger charge is -2.35. The van der Waals surface area contributed by atoms with Crippen LogP contribution in [0.3, 0.4) is 0 Å². The fourth-order valence-electron chi connectivity index (χ4n) is 3.43. The SMILES string of the molecule is COC(=O)C1=C(C(=O)OC)N(c2ccc(F)cc2F)C(N)=C(C#N)C1c1ccccc1. The number of carbonyl (C=O) groups is 2. The molecule has 0 aliphatic carbocycles. The number of nitrogens with zero attached hydrogens (tertiary/aromatic N) is 2. The van der Waals surface area contributed by atoms with E-state index < -0.39 is 35.2 Å². The van der Waals surface area contributed by atoms with E-state index in [4.69, 9.17) is 15.2 Å². The van der Waals surface area contributed by atoms with Gasteiger partial charge in [-0.1, -0.05) is 30.3 Å². The standard InChI is InChI=1S/C22H17F2N3O4/c1-30-21(28)18-17(12-6-4-3-5-7-12)14(11-25)20(26)27(19(18)22(29)31-2)16-9-8-13(23)10-15(16)24/h3-10,17H,26H2,1-2H3. The Kier molecular flexibility index (Phi) is 6.02. The normalized spacial score (nSPS) is 16.1. The van der Waals surface area contributed by atoms with E-state index in [9.17, 15) is 23.6 Å². The number of methoxy groups -OCH3 is 2. The second-order valence-corrected chi connectivity index (χ2v) is 6.43. The number of hydrogen-bond donors (Lipinski definition) is 1. The molecular weight excluding hydrogens is 408 g/mol. The van der Waals surface area contributed by atoms with Crippen LogP contribution in [-0.4, -0.2) is 26.2 Å². The molecule has 1 unspecified atom stereocenters. The maximum atomic E-state index is 14.7. The number of nitriles is 1. The summed E-state index contributed by atoms with van der Waals surface area (Å²) in [5, 5.41) is 9.87. The number of halogens is 2. The molecule has 2 aromatic carbocycles. The van der Waals surface area contributed by atoms with Crippen LogP contribution in [0.15, 0.2) is 71.2 Å². The van der Waals surface area contributed by atoms with Gasteiger partial charge in [0, 0.05) is 6.07 Å². The fraction of sp³-hybridized carbons (Fsp3) is 0.136. The van der Waals surface area contributed by atoms with Crippen LogP contribution in [0.25, 0.3) is 0 Å². The first kappa shape index (κ1) is 21.5. The maximum Gasteiger partial charge on any atom is 0.355 e. The highest BCUT2D eigenvalue weighted by Crippen LogP contribution is 2.43. The van der Waals surface area contributed by atoms with Gasteiger partial charge in [0.2, 0.25) is 0 Å². The average molecular weight is 425 g/mol. The van der Waals surface area contributed by atoms with E-state index in [1.807, 2.05) is 6.07 Å². The first-order valence-electron chi connectivity index (χ1n) is 8.96. The quantitative estimate of drug-likeness (QED) is 0.751. The zero-order valence-electron chi connectivity index (χ0n) is 16.6. The Morgan fingerprint density at radius 2 is 1.71 bits per heavy atom. The fourth-order valence-corrected chi connectivity index (χ4v) is 3.43. The van der Waals surface area contributed by atoms with Crippen molar-refractivity contribution >= 4 is 17.6 Å². The van der Waals surface area contributed by atoms with E-state index in [-0.39, 0.29) is 22.7 Å². The first-order chi connectivity index (χ1) is 14.8. The topological polar surface area (TPSA) is 106 Å². The van der Waals surface area contributed by atoms with Crippen molar-refractivity contribution in [3.63, 3.8) is 0 Å². The molecule has 158 valence electrons. The number of carbonyl (C=O) groups excluding carboxylic acids is 2. The Morgan fingerprint density at radius 1 is 1.06 bits per heavy atom. The molecule has 0 spiro atoms. The number of hydrogen-bond acceptors (Lipinski definition) is 7. The van der Waals surface area contributed by atoms with Gasteiger partial charge >= 0.3 is 11.9 Å². The molecule has 0 aromatic heterocycles. The molecule has 2 N–H and O–H groups in total. The number of ether oxygens (including phenoxy) is 2. The lowest BCUT2D eigenvalue weighted by atomic mass is 9.81. The van der Waals surface area contributed by atoms with Crippen LogP contribution < -0.4 is 10.6 Å². The average Bonchev–Trinajstić information content (AvgIpc) is 2.78. The third-order valence-corrected chi connectivity index (χ3v) is 4.76. The summed E-state index contributed by atoms with van der Waals surface area (Å²) in [6, 6.07) is 12.9. The number of nitrogens with two attached hydrogens (primary N) is 1. The van der Waals surface area contributed by atoms with Crippen LogP contribution in [0.5, 0.6) is 0 Å². The number of benzene rings is 2. The third kappa shape index (κ3) is 3.71. The van der Waals surface area contributed by atoms with Crippen LogP contribution in [0, 0.1) is 23.0 Å². The smallest absolute Gasteiger partial charge is 0.355 e. The van der Waals surface area contributed by atoms with Crippen molar-refractivity contribution in [2.24, 2.45) is 5.73 Å². The lowest BCUT2D eigenvalue weighted by Crippen LogP contribution is -2.41. The zero-order chi connectivity index (χ0) is 22.7. The molecule has 31 heavy (non-hydrogen) atoms. The van der Waals surface area contributed by atoms with Gasteiger partial charge in [0.05, 0.1) is 43.0 Å². The summed E-state index contributed by atoms with van der Waals surface area (Å²) in [6.07, 6.45) is 0. The summed E-state index contributed by atoms with van der Waals surface area (Å²) < 4.78 is 37.9. The third-order valence-electron chi connectivity index (χ3n) is 4.76. The minimum atomic E-state index is -1.08. The van der Waals surface area contributed by atoms with Crippen molar-refractivity contribution < 1.29 is 27.8 Å². The Labute approximate surface area is 176 Å². The summed E-state index contributed by atoms with van der Waals surface area (Å²) in [6.45, 7) is 0. The molecule has 0 fully saturated rings. The van der Waals surface area contributed by atoms with Crippen LogP contribution in [0.1, 0.15) is 11.5 Å². The zero-order valence-corrected chi connectivity index (χ0v) is 16.6. The molecule has 1 aliphatic rings. The van der Waals surface area contributed by atoms with Crippen LogP contribution in [0.4, 0.5) is 14.5 Å². The summed E-state index contributed by atoms with van der Waals surface area (Å²) in [5.41, 5.74) is 5.51. The van der Waals surface area contributed by atoms with Gasteiger partial charge in [-0.2, -0.15) is 5.26 Å². The first-order valence-corrected chi connectivity index (χ1v) is 8.96.